The van der Waals surface area contributed by atoms with Crippen molar-refractivity contribution in [2.75, 3.05) is 7.11 Å². The Morgan fingerprint density at radius 3 is 2.35 bits per heavy atom. The minimum absolute atomic E-state index is 0.0760. The molecule has 6 nitrogen and oxygen atoms in total. The maximum atomic E-state index is 12.2. The van der Waals surface area contributed by atoms with Crippen LogP contribution in [0.3, 0.4) is 0 Å². The monoisotopic (exact) mass is 315 g/mol. The van der Waals surface area contributed by atoms with Crippen LogP contribution in [0.5, 0.6) is 11.5 Å². The minimum atomic E-state index is -0.906. The summed E-state index contributed by atoms with van der Waals surface area (Å²) in [7, 11) is 1.23. The highest BCUT2D eigenvalue weighted by molar-refractivity contribution is 5.99. The Kier molecular flexibility index (Phi) is 5.19. The summed E-state index contributed by atoms with van der Waals surface area (Å²) in [4.78, 5) is 24.1. The van der Waals surface area contributed by atoms with Gasteiger partial charge in [0.25, 0.3) is 5.91 Å². The van der Waals surface area contributed by atoms with E-state index in [4.69, 9.17) is 4.74 Å². The fourth-order valence-corrected chi connectivity index (χ4v) is 2.10. The highest BCUT2D eigenvalue weighted by Crippen LogP contribution is 2.16. The Hall–Kier alpha value is -3.02. The molecular formula is C17H17NO5. The Bertz CT molecular complexity index is 696. The van der Waals surface area contributed by atoms with Crippen LogP contribution in [-0.4, -0.2) is 35.2 Å². The molecule has 0 aliphatic carbocycles. The Morgan fingerprint density at radius 1 is 1.09 bits per heavy atom. The summed E-state index contributed by atoms with van der Waals surface area (Å²) < 4.78 is 4.71. The van der Waals surface area contributed by atoms with Crippen molar-refractivity contribution in [3.8, 4) is 11.5 Å². The zero-order valence-electron chi connectivity index (χ0n) is 12.5. The first-order valence-electron chi connectivity index (χ1n) is 6.96. The number of carbonyl (C=O) groups is 2. The summed E-state index contributed by atoms with van der Waals surface area (Å²) in [6.45, 7) is 0. The third-order valence-electron chi connectivity index (χ3n) is 3.32. The van der Waals surface area contributed by atoms with Gasteiger partial charge in [0, 0.05) is 6.42 Å². The summed E-state index contributed by atoms with van der Waals surface area (Å²) in [5.74, 6) is -1.22. The summed E-state index contributed by atoms with van der Waals surface area (Å²) in [6.07, 6.45) is 0.201. The highest BCUT2D eigenvalue weighted by atomic mass is 16.5. The number of nitrogens with one attached hydrogen (secondary N) is 1. The first-order valence-corrected chi connectivity index (χ1v) is 6.96. The van der Waals surface area contributed by atoms with Gasteiger partial charge < -0.3 is 20.3 Å². The molecule has 0 heterocycles. The number of aromatic hydroxyl groups is 2. The van der Waals surface area contributed by atoms with Gasteiger partial charge in [-0.15, -0.1) is 0 Å². The predicted molar refractivity (Wildman–Crippen MR) is 83.2 cm³/mol. The second-order valence-corrected chi connectivity index (χ2v) is 4.94. The van der Waals surface area contributed by atoms with E-state index in [0.29, 0.717) is 0 Å². The van der Waals surface area contributed by atoms with Crippen molar-refractivity contribution in [1.82, 2.24) is 5.32 Å². The van der Waals surface area contributed by atoms with Crippen LogP contribution in [0.15, 0.2) is 48.5 Å². The molecule has 0 aliphatic heterocycles. The lowest BCUT2D eigenvalue weighted by Crippen LogP contribution is -2.43. The van der Waals surface area contributed by atoms with Crippen LogP contribution in [0.25, 0.3) is 0 Å². The zero-order chi connectivity index (χ0) is 16.8. The van der Waals surface area contributed by atoms with Gasteiger partial charge in [0.2, 0.25) is 0 Å². The first-order chi connectivity index (χ1) is 11.0. The molecule has 2 rings (SSSR count). The van der Waals surface area contributed by atoms with E-state index in [2.05, 4.69) is 5.32 Å². The molecule has 0 spiro atoms. The number of carbonyl (C=O) groups excluding carboxylic acids is 2. The van der Waals surface area contributed by atoms with Crippen LogP contribution in [-0.2, 0) is 16.0 Å². The van der Waals surface area contributed by atoms with E-state index in [0.717, 1.165) is 5.56 Å². The summed E-state index contributed by atoms with van der Waals surface area (Å²) >= 11 is 0. The number of amides is 1. The Morgan fingerprint density at radius 2 is 1.74 bits per heavy atom. The number of phenols is 2. The number of hydrogen-bond donors (Lipinski definition) is 3. The van der Waals surface area contributed by atoms with E-state index in [1.807, 2.05) is 0 Å². The van der Waals surface area contributed by atoms with Crippen LogP contribution >= 0.6 is 0 Å². The SMILES string of the molecule is COC(=O)C(Cc1ccc(O)cc1)NC(=O)c1ccccc1O. The van der Waals surface area contributed by atoms with Crippen molar-refractivity contribution in [1.29, 1.82) is 0 Å². The second-order valence-electron chi connectivity index (χ2n) is 4.94. The highest BCUT2D eigenvalue weighted by Gasteiger charge is 2.23. The number of hydrogen-bond acceptors (Lipinski definition) is 5. The number of ether oxygens (including phenoxy) is 1. The zero-order valence-corrected chi connectivity index (χ0v) is 12.5. The largest absolute Gasteiger partial charge is 0.508 e. The van der Waals surface area contributed by atoms with Gasteiger partial charge in [0.15, 0.2) is 0 Å². The summed E-state index contributed by atoms with van der Waals surface area (Å²) in [6, 6.07) is 11.4. The van der Waals surface area contributed by atoms with Gasteiger partial charge in [-0.1, -0.05) is 24.3 Å². The molecule has 0 saturated carbocycles. The van der Waals surface area contributed by atoms with E-state index >= 15 is 0 Å². The van der Waals surface area contributed by atoms with E-state index < -0.39 is 17.9 Å². The molecule has 6 heteroatoms. The number of methoxy groups -OCH3 is 1. The number of para-hydroxylation sites is 1. The van der Waals surface area contributed by atoms with Crippen LogP contribution in [0, 0.1) is 0 Å². The Labute approximate surface area is 133 Å². The molecule has 0 bridgehead atoms. The molecule has 2 aromatic carbocycles. The average Bonchev–Trinajstić information content (AvgIpc) is 2.55. The van der Waals surface area contributed by atoms with Crippen molar-refractivity contribution in [3.63, 3.8) is 0 Å². The molecule has 2 aromatic rings. The summed E-state index contributed by atoms with van der Waals surface area (Å²) in [5, 5.41) is 21.5. The van der Waals surface area contributed by atoms with E-state index in [-0.39, 0.29) is 23.5 Å². The first kappa shape index (κ1) is 16.4. The van der Waals surface area contributed by atoms with Gasteiger partial charge >= 0.3 is 5.97 Å². The molecule has 0 fully saturated rings. The molecule has 1 amide bonds. The molecule has 120 valence electrons. The van der Waals surface area contributed by atoms with Crippen LogP contribution in [0.1, 0.15) is 15.9 Å². The molecule has 0 aliphatic rings. The fraction of sp³-hybridized carbons (Fsp3) is 0.176. The van der Waals surface area contributed by atoms with E-state index in [1.165, 1.54) is 31.4 Å². The third kappa shape index (κ3) is 4.23. The van der Waals surface area contributed by atoms with Crippen LogP contribution < -0.4 is 5.32 Å². The third-order valence-corrected chi connectivity index (χ3v) is 3.32. The molecule has 3 N–H and O–H groups in total. The molecule has 0 saturated heterocycles. The van der Waals surface area contributed by atoms with Gasteiger partial charge in [-0.25, -0.2) is 4.79 Å². The second kappa shape index (κ2) is 7.31. The van der Waals surface area contributed by atoms with Crippen molar-refractivity contribution in [2.24, 2.45) is 0 Å². The molecule has 0 radical (unpaired) electrons. The molecule has 1 atom stereocenters. The molecule has 1 unspecified atom stereocenters. The smallest absolute Gasteiger partial charge is 0.328 e. The maximum absolute atomic E-state index is 12.2. The Balaban J connectivity index is 2.15. The number of rotatable bonds is 5. The number of esters is 1. The fourth-order valence-electron chi connectivity index (χ4n) is 2.10. The normalized spacial score (nSPS) is 11.5. The van der Waals surface area contributed by atoms with Gasteiger partial charge in [-0.05, 0) is 29.8 Å². The predicted octanol–water partition coefficient (Wildman–Crippen LogP) is 1.61. The topological polar surface area (TPSA) is 95.9 Å². The van der Waals surface area contributed by atoms with Crippen molar-refractivity contribution < 1.29 is 24.5 Å². The van der Waals surface area contributed by atoms with Crippen molar-refractivity contribution in [3.05, 3.63) is 59.7 Å². The van der Waals surface area contributed by atoms with Gasteiger partial charge in [0.1, 0.15) is 17.5 Å². The van der Waals surface area contributed by atoms with Gasteiger partial charge in [-0.3, -0.25) is 4.79 Å². The quantitative estimate of drug-likeness (QED) is 0.729. The van der Waals surface area contributed by atoms with Crippen molar-refractivity contribution in [2.45, 2.75) is 12.5 Å². The van der Waals surface area contributed by atoms with Crippen molar-refractivity contribution >= 4 is 11.9 Å². The lowest BCUT2D eigenvalue weighted by molar-refractivity contribution is -0.142. The lowest BCUT2D eigenvalue weighted by atomic mass is 10.0. The van der Waals surface area contributed by atoms with Crippen LogP contribution in [0.2, 0.25) is 0 Å². The maximum Gasteiger partial charge on any atom is 0.328 e. The summed E-state index contributed by atoms with van der Waals surface area (Å²) in [5.41, 5.74) is 0.822. The minimum Gasteiger partial charge on any atom is -0.508 e. The van der Waals surface area contributed by atoms with Gasteiger partial charge in [-0.2, -0.15) is 0 Å². The average molecular weight is 315 g/mol. The van der Waals surface area contributed by atoms with E-state index in [1.54, 1.807) is 24.3 Å². The molecule has 0 aromatic heterocycles. The van der Waals surface area contributed by atoms with E-state index in [9.17, 15) is 19.8 Å². The standard InChI is InChI=1S/C17H17NO5/c1-23-17(22)14(10-11-6-8-12(19)9-7-11)18-16(21)13-4-2-3-5-15(13)20/h2-9,14,19-20H,10H2,1H3,(H,18,21). The number of phenolic OH excluding ortho intramolecular Hbond substituents is 2. The lowest BCUT2D eigenvalue weighted by Gasteiger charge is -2.17. The van der Waals surface area contributed by atoms with Crippen LogP contribution in [0.4, 0.5) is 0 Å². The molecular weight excluding hydrogens is 298 g/mol. The van der Waals surface area contributed by atoms with Gasteiger partial charge in [0.05, 0.1) is 12.7 Å². The number of benzene rings is 2. The molecule has 23 heavy (non-hydrogen) atoms.